The van der Waals surface area contributed by atoms with Gasteiger partial charge in [0, 0.05) is 5.69 Å². The van der Waals surface area contributed by atoms with E-state index in [2.05, 4.69) is 0 Å². The van der Waals surface area contributed by atoms with Gasteiger partial charge in [0.1, 0.15) is 5.58 Å². The molecule has 0 saturated carbocycles. The molecule has 2 aromatic carbocycles. The summed E-state index contributed by atoms with van der Waals surface area (Å²) < 4.78 is 5.58. The average Bonchev–Trinajstić information content (AvgIpc) is 2.61. The smallest absolute Gasteiger partial charge is 0.282 e. The molecule has 0 radical (unpaired) electrons. The van der Waals surface area contributed by atoms with Crippen LogP contribution in [0, 0.1) is 0 Å². The largest absolute Gasteiger partial charge is 0.464 e. The van der Waals surface area contributed by atoms with E-state index in [0.29, 0.717) is 23.1 Å². The number of benzene rings is 2. The first-order valence-electron chi connectivity index (χ1n) is 8.20. The van der Waals surface area contributed by atoms with E-state index in [0.717, 1.165) is 10.6 Å². The molecule has 5 nitrogen and oxygen atoms in total. The maximum absolute atomic E-state index is 12.7. The second kappa shape index (κ2) is 7.32. The average molecular weight is 337 g/mol. The molecule has 0 bridgehead atoms. The number of carbonyl (C=O) groups excluding carboxylic acids is 1. The molecule has 3 aromatic rings. The zero-order valence-electron chi connectivity index (χ0n) is 14.4. The number of likely N-dealkylation sites (N-methyl/N-ethyl adjacent to an activating group) is 1. The Morgan fingerprint density at radius 2 is 1.72 bits per heavy atom. The van der Waals surface area contributed by atoms with Gasteiger partial charge in [-0.1, -0.05) is 30.3 Å². The second-order valence-corrected chi connectivity index (χ2v) is 6.29. The Kier molecular flexibility index (Phi) is 4.95. The van der Waals surface area contributed by atoms with E-state index in [1.165, 1.54) is 6.26 Å². The van der Waals surface area contributed by atoms with Crippen LogP contribution < -0.4 is 15.2 Å². The normalized spacial score (nSPS) is 11.0. The monoisotopic (exact) mass is 337 g/mol. The van der Waals surface area contributed by atoms with E-state index < -0.39 is 0 Å². The highest BCUT2D eigenvalue weighted by Gasteiger charge is 2.20. The zero-order valence-corrected chi connectivity index (χ0v) is 14.4. The second-order valence-electron chi connectivity index (χ2n) is 6.29. The molecule has 5 heteroatoms. The molecule has 3 rings (SSSR count). The highest BCUT2D eigenvalue weighted by Crippen LogP contribution is 2.17. The minimum Gasteiger partial charge on any atom is -0.464 e. The number of nitrogens with zero attached hydrogens (tertiary/aromatic N) is 1. The van der Waals surface area contributed by atoms with Crippen molar-refractivity contribution in [1.82, 2.24) is 0 Å². The number of rotatable bonds is 5. The van der Waals surface area contributed by atoms with Crippen molar-refractivity contribution in [3.05, 3.63) is 76.6 Å². The number of nitrogens with one attached hydrogen (secondary N) is 1. The predicted octanol–water partition coefficient (Wildman–Crippen LogP) is 1.47. The fraction of sp³-hybridized carbons (Fsp3) is 0.200. The molecule has 0 atom stereocenters. The van der Waals surface area contributed by atoms with Crippen LogP contribution in [0.3, 0.4) is 0 Å². The summed E-state index contributed by atoms with van der Waals surface area (Å²) in [6.07, 6.45) is 1.45. The Hall–Kier alpha value is -2.92. The summed E-state index contributed by atoms with van der Waals surface area (Å²) in [6.45, 7) is 0.525. The molecular formula is C20H21N2O3+. The molecule has 1 aromatic heterocycles. The van der Waals surface area contributed by atoms with Gasteiger partial charge < -0.3 is 14.2 Å². The fourth-order valence-corrected chi connectivity index (χ4v) is 2.73. The van der Waals surface area contributed by atoms with Gasteiger partial charge in [0.15, 0.2) is 12.0 Å². The van der Waals surface area contributed by atoms with Crippen LogP contribution in [0.2, 0.25) is 0 Å². The summed E-state index contributed by atoms with van der Waals surface area (Å²) in [5, 5.41) is 0.527. The van der Waals surface area contributed by atoms with Crippen LogP contribution in [0.15, 0.2) is 70.1 Å². The standard InChI is InChI=1S/C20H20N2O3/c1-21(2)13-19(23)22(16-8-4-3-5-9-16)12-15-14-25-18-11-7-6-10-17(18)20(15)24/h3-11,14H,12-13H2,1-2H3/p+1. The predicted molar refractivity (Wildman–Crippen MR) is 97.8 cm³/mol. The van der Waals surface area contributed by atoms with E-state index in [9.17, 15) is 9.59 Å². The summed E-state index contributed by atoms with van der Waals surface area (Å²) in [5.41, 5.74) is 1.67. The van der Waals surface area contributed by atoms with Crippen LogP contribution in [0.4, 0.5) is 5.69 Å². The highest BCUT2D eigenvalue weighted by atomic mass is 16.3. The lowest BCUT2D eigenvalue weighted by Crippen LogP contribution is -3.07. The topological polar surface area (TPSA) is 55.0 Å². The third kappa shape index (κ3) is 3.78. The van der Waals surface area contributed by atoms with E-state index in [4.69, 9.17) is 4.42 Å². The maximum Gasteiger partial charge on any atom is 0.282 e. The molecule has 0 spiro atoms. The van der Waals surface area contributed by atoms with Crippen molar-refractivity contribution in [2.75, 3.05) is 25.5 Å². The lowest BCUT2D eigenvalue weighted by atomic mass is 10.1. The van der Waals surface area contributed by atoms with Crippen molar-refractivity contribution in [1.29, 1.82) is 0 Å². The van der Waals surface area contributed by atoms with Crippen LogP contribution in [0.25, 0.3) is 11.0 Å². The number of amides is 1. The SMILES string of the molecule is C[NH+](C)CC(=O)N(Cc1coc2ccccc2c1=O)c1ccccc1. The van der Waals surface area contributed by atoms with Gasteiger partial charge in [-0.05, 0) is 24.3 Å². The Balaban J connectivity index is 1.99. The van der Waals surface area contributed by atoms with Gasteiger partial charge in [0.25, 0.3) is 5.91 Å². The van der Waals surface area contributed by atoms with Crippen LogP contribution in [-0.4, -0.2) is 26.5 Å². The Labute approximate surface area is 146 Å². The van der Waals surface area contributed by atoms with Crippen molar-refractivity contribution < 1.29 is 14.1 Å². The first kappa shape index (κ1) is 16.9. The summed E-state index contributed by atoms with van der Waals surface area (Å²) in [6, 6.07) is 16.5. The Morgan fingerprint density at radius 1 is 1.04 bits per heavy atom. The zero-order chi connectivity index (χ0) is 17.8. The van der Waals surface area contributed by atoms with Gasteiger partial charge in [0.2, 0.25) is 0 Å². The van der Waals surface area contributed by atoms with Gasteiger partial charge in [-0.3, -0.25) is 9.59 Å². The molecular weight excluding hydrogens is 316 g/mol. The summed E-state index contributed by atoms with van der Waals surface area (Å²) in [7, 11) is 3.84. The van der Waals surface area contributed by atoms with Gasteiger partial charge >= 0.3 is 0 Å². The Bertz CT molecular complexity index is 932. The van der Waals surface area contributed by atoms with Crippen LogP contribution in [0.1, 0.15) is 5.56 Å². The number of para-hydroxylation sites is 2. The third-order valence-electron chi connectivity index (χ3n) is 3.95. The number of anilines is 1. The molecule has 25 heavy (non-hydrogen) atoms. The first-order valence-corrected chi connectivity index (χ1v) is 8.20. The molecule has 0 aliphatic carbocycles. The van der Waals surface area contributed by atoms with Crippen molar-refractivity contribution in [3.63, 3.8) is 0 Å². The van der Waals surface area contributed by atoms with Gasteiger partial charge in [0.05, 0.1) is 37.9 Å². The van der Waals surface area contributed by atoms with Crippen molar-refractivity contribution in [3.8, 4) is 0 Å². The van der Waals surface area contributed by atoms with E-state index in [-0.39, 0.29) is 17.9 Å². The lowest BCUT2D eigenvalue weighted by molar-refractivity contribution is -0.849. The van der Waals surface area contributed by atoms with Gasteiger partial charge in [-0.15, -0.1) is 0 Å². The number of quaternary nitrogens is 1. The number of hydrogen-bond acceptors (Lipinski definition) is 3. The molecule has 128 valence electrons. The molecule has 0 aliphatic heterocycles. The Morgan fingerprint density at radius 3 is 2.44 bits per heavy atom. The lowest BCUT2D eigenvalue weighted by Gasteiger charge is -2.23. The molecule has 1 heterocycles. The van der Waals surface area contributed by atoms with Crippen LogP contribution in [0.5, 0.6) is 0 Å². The third-order valence-corrected chi connectivity index (χ3v) is 3.95. The van der Waals surface area contributed by atoms with Gasteiger partial charge in [-0.2, -0.15) is 0 Å². The summed E-state index contributed by atoms with van der Waals surface area (Å²) in [4.78, 5) is 28.1. The van der Waals surface area contributed by atoms with E-state index in [1.807, 2.05) is 50.5 Å². The van der Waals surface area contributed by atoms with E-state index in [1.54, 1.807) is 23.1 Å². The van der Waals surface area contributed by atoms with E-state index >= 15 is 0 Å². The first-order chi connectivity index (χ1) is 12.1. The minimum absolute atomic E-state index is 0.0428. The molecule has 0 fully saturated rings. The number of hydrogen-bond donors (Lipinski definition) is 1. The van der Waals surface area contributed by atoms with Crippen LogP contribution >= 0.6 is 0 Å². The maximum atomic E-state index is 12.7. The highest BCUT2D eigenvalue weighted by molar-refractivity contribution is 5.94. The minimum atomic E-state index is -0.104. The number of carbonyl (C=O) groups is 1. The molecule has 0 aliphatic rings. The van der Waals surface area contributed by atoms with Crippen LogP contribution in [-0.2, 0) is 11.3 Å². The van der Waals surface area contributed by atoms with Crippen molar-refractivity contribution in [2.24, 2.45) is 0 Å². The molecule has 0 saturated heterocycles. The van der Waals surface area contributed by atoms with Crippen molar-refractivity contribution >= 4 is 22.6 Å². The number of fused-ring (bicyclic) bond motifs is 1. The fourth-order valence-electron chi connectivity index (χ4n) is 2.73. The molecule has 1 amide bonds. The quantitative estimate of drug-likeness (QED) is 0.767. The van der Waals surface area contributed by atoms with Gasteiger partial charge in [-0.25, -0.2) is 0 Å². The summed E-state index contributed by atoms with van der Waals surface area (Å²) in [5.74, 6) is -0.0428. The molecule has 1 N–H and O–H groups in total. The van der Waals surface area contributed by atoms with Crippen molar-refractivity contribution in [2.45, 2.75) is 6.54 Å². The summed E-state index contributed by atoms with van der Waals surface area (Å²) >= 11 is 0. The molecule has 0 unspecified atom stereocenters.